The molecule has 25 heavy (non-hydrogen) atoms. The summed E-state index contributed by atoms with van der Waals surface area (Å²) in [7, 11) is 1.62. The van der Waals surface area contributed by atoms with Crippen molar-refractivity contribution in [1.29, 1.82) is 0 Å². The number of hydrogen-bond acceptors (Lipinski definition) is 4. The van der Waals surface area contributed by atoms with Crippen molar-refractivity contribution in [2.24, 2.45) is 0 Å². The van der Waals surface area contributed by atoms with Crippen LogP contribution in [0.15, 0.2) is 18.2 Å². The topological polar surface area (TPSA) is 56.8 Å². The molecule has 2 atom stereocenters. The second kappa shape index (κ2) is 10.6. The molecule has 0 bridgehead atoms. The molecule has 0 aliphatic rings. The van der Waals surface area contributed by atoms with Gasteiger partial charge < -0.3 is 19.5 Å². The fourth-order valence-electron chi connectivity index (χ4n) is 2.48. The van der Waals surface area contributed by atoms with E-state index in [-0.39, 0.29) is 12.0 Å². The van der Waals surface area contributed by atoms with E-state index in [9.17, 15) is 4.79 Å². The van der Waals surface area contributed by atoms with E-state index >= 15 is 0 Å². The molecule has 0 aliphatic heterocycles. The monoisotopic (exact) mass is 371 g/mol. The number of carbonyl (C=O) groups is 1. The molecule has 1 aromatic rings. The standard InChI is InChI=1S/C19H30ClNO4/c1-6-10-19(4,24-11-7-2)18(22)21-15-8-9-17(16(20)12-15)25-14(3)13-23-5/h8-9,12,14H,6-7,10-11,13H2,1-5H3,(H,21,22)/t14-,19-/m1/s1. The molecule has 0 aromatic heterocycles. The predicted molar refractivity (Wildman–Crippen MR) is 102 cm³/mol. The number of halogens is 1. The van der Waals surface area contributed by atoms with Crippen molar-refractivity contribution in [2.75, 3.05) is 25.6 Å². The number of ether oxygens (including phenoxy) is 3. The van der Waals surface area contributed by atoms with Gasteiger partial charge in [0.25, 0.3) is 5.91 Å². The summed E-state index contributed by atoms with van der Waals surface area (Å²) in [5.41, 5.74) is -0.233. The summed E-state index contributed by atoms with van der Waals surface area (Å²) >= 11 is 6.27. The third kappa shape index (κ3) is 6.84. The smallest absolute Gasteiger partial charge is 0.256 e. The molecule has 1 amide bonds. The first-order valence-electron chi connectivity index (χ1n) is 8.76. The predicted octanol–water partition coefficient (Wildman–Crippen LogP) is 4.68. The minimum atomic E-state index is -0.848. The van der Waals surface area contributed by atoms with Gasteiger partial charge in [-0.3, -0.25) is 4.79 Å². The molecule has 1 rings (SSSR count). The van der Waals surface area contributed by atoms with Crippen LogP contribution in [-0.4, -0.2) is 37.9 Å². The molecular weight excluding hydrogens is 342 g/mol. The Morgan fingerprint density at radius 1 is 1.32 bits per heavy atom. The zero-order valence-electron chi connectivity index (χ0n) is 15.9. The van der Waals surface area contributed by atoms with Gasteiger partial charge in [-0.05, 0) is 44.9 Å². The van der Waals surface area contributed by atoms with Gasteiger partial charge >= 0.3 is 0 Å². The van der Waals surface area contributed by atoms with E-state index in [1.807, 2.05) is 27.7 Å². The molecule has 0 saturated carbocycles. The van der Waals surface area contributed by atoms with Gasteiger partial charge in [0.2, 0.25) is 0 Å². The Balaban J connectivity index is 2.81. The summed E-state index contributed by atoms with van der Waals surface area (Å²) < 4.78 is 16.6. The summed E-state index contributed by atoms with van der Waals surface area (Å²) in [6.07, 6.45) is 2.27. The van der Waals surface area contributed by atoms with Crippen LogP contribution in [0.1, 0.15) is 47.0 Å². The van der Waals surface area contributed by atoms with Crippen molar-refractivity contribution in [3.8, 4) is 5.75 Å². The van der Waals surface area contributed by atoms with Crippen molar-refractivity contribution in [1.82, 2.24) is 0 Å². The van der Waals surface area contributed by atoms with Crippen LogP contribution in [0.5, 0.6) is 5.75 Å². The second-order valence-corrected chi connectivity index (χ2v) is 6.72. The molecule has 5 nitrogen and oxygen atoms in total. The summed E-state index contributed by atoms with van der Waals surface area (Å²) in [6, 6.07) is 5.19. The van der Waals surface area contributed by atoms with E-state index in [1.165, 1.54) is 0 Å². The number of benzene rings is 1. The molecule has 142 valence electrons. The highest BCUT2D eigenvalue weighted by molar-refractivity contribution is 6.32. The number of carbonyl (C=O) groups excluding carboxylic acids is 1. The second-order valence-electron chi connectivity index (χ2n) is 6.31. The quantitative estimate of drug-likeness (QED) is 0.613. The lowest BCUT2D eigenvalue weighted by Gasteiger charge is -2.28. The van der Waals surface area contributed by atoms with Crippen LogP contribution in [0, 0.1) is 0 Å². The van der Waals surface area contributed by atoms with Crippen LogP contribution in [-0.2, 0) is 14.3 Å². The van der Waals surface area contributed by atoms with Crippen LogP contribution in [0.4, 0.5) is 5.69 Å². The van der Waals surface area contributed by atoms with Crippen LogP contribution in [0.3, 0.4) is 0 Å². The minimum absolute atomic E-state index is 0.113. The molecule has 0 aliphatic carbocycles. The van der Waals surface area contributed by atoms with Gasteiger partial charge in [-0.1, -0.05) is 31.9 Å². The fraction of sp³-hybridized carbons (Fsp3) is 0.632. The molecule has 0 fully saturated rings. The van der Waals surface area contributed by atoms with E-state index in [0.717, 1.165) is 12.8 Å². The molecule has 0 saturated heterocycles. The first-order chi connectivity index (χ1) is 11.9. The van der Waals surface area contributed by atoms with Crippen LogP contribution >= 0.6 is 11.6 Å². The molecule has 1 N–H and O–H groups in total. The molecule has 0 heterocycles. The molecule has 1 aromatic carbocycles. The maximum atomic E-state index is 12.7. The van der Waals surface area contributed by atoms with Crippen molar-refractivity contribution in [3.05, 3.63) is 23.2 Å². The van der Waals surface area contributed by atoms with Crippen LogP contribution in [0.25, 0.3) is 0 Å². The average Bonchev–Trinajstić information content (AvgIpc) is 2.56. The zero-order valence-corrected chi connectivity index (χ0v) is 16.6. The summed E-state index contributed by atoms with van der Waals surface area (Å²) in [6.45, 7) is 8.80. The number of hydrogen-bond donors (Lipinski definition) is 1. The third-order valence-electron chi connectivity index (χ3n) is 3.75. The zero-order chi connectivity index (χ0) is 18.9. The Kier molecular flexibility index (Phi) is 9.25. The van der Waals surface area contributed by atoms with Gasteiger partial charge in [-0.25, -0.2) is 0 Å². The maximum Gasteiger partial charge on any atom is 0.256 e. The van der Waals surface area contributed by atoms with Gasteiger partial charge in [0.05, 0.1) is 11.6 Å². The molecular formula is C19H30ClNO4. The number of amides is 1. The first-order valence-corrected chi connectivity index (χ1v) is 9.14. The Morgan fingerprint density at radius 3 is 2.60 bits per heavy atom. The Labute approximate surface area is 156 Å². The number of rotatable bonds is 11. The summed E-state index contributed by atoms with van der Waals surface area (Å²) in [4.78, 5) is 12.7. The number of anilines is 1. The van der Waals surface area contributed by atoms with Gasteiger partial charge in [-0.15, -0.1) is 0 Å². The van der Waals surface area contributed by atoms with Gasteiger partial charge in [0, 0.05) is 19.4 Å². The molecule has 0 radical (unpaired) electrons. The molecule has 0 unspecified atom stereocenters. The SMILES string of the molecule is CCCO[C@](C)(CCC)C(=O)Nc1ccc(O[C@H](C)COC)c(Cl)c1. The largest absolute Gasteiger partial charge is 0.487 e. The lowest BCUT2D eigenvalue weighted by molar-refractivity contribution is -0.140. The van der Waals surface area contributed by atoms with E-state index in [2.05, 4.69) is 5.32 Å². The molecule has 0 spiro atoms. The Hall–Kier alpha value is -1.30. The van der Waals surface area contributed by atoms with Crippen molar-refractivity contribution >= 4 is 23.2 Å². The number of nitrogens with one attached hydrogen (secondary N) is 1. The molecule has 6 heteroatoms. The normalized spacial score (nSPS) is 14.6. The first kappa shape index (κ1) is 21.7. The van der Waals surface area contributed by atoms with Gasteiger partial charge in [0.15, 0.2) is 0 Å². The van der Waals surface area contributed by atoms with E-state index < -0.39 is 5.60 Å². The van der Waals surface area contributed by atoms with E-state index in [4.69, 9.17) is 25.8 Å². The third-order valence-corrected chi connectivity index (χ3v) is 4.05. The summed E-state index contributed by atoms with van der Waals surface area (Å²) in [5.74, 6) is 0.392. The lowest BCUT2D eigenvalue weighted by atomic mass is 9.99. The minimum Gasteiger partial charge on any atom is -0.487 e. The Bertz CT molecular complexity index is 552. The van der Waals surface area contributed by atoms with Crippen molar-refractivity contribution in [2.45, 2.75) is 58.7 Å². The van der Waals surface area contributed by atoms with Gasteiger partial charge in [0.1, 0.15) is 17.5 Å². The van der Waals surface area contributed by atoms with Crippen molar-refractivity contribution in [3.63, 3.8) is 0 Å². The lowest BCUT2D eigenvalue weighted by Crippen LogP contribution is -2.43. The summed E-state index contributed by atoms with van der Waals surface area (Å²) in [5, 5.41) is 3.33. The van der Waals surface area contributed by atoms with Crippen LogP contribution in [0.2, 0.25) is 5.02 Å². The van der Waals surface area contributed by atoms with E-state index in [0.29, 0.717) is 36.1 Å². The fourth-order valence-corrected chi connectivity index (χ4v) is 2.70. The maximum absolute atomic E-state index is 12.7. The van der Waals surface area contributed by atoms with E-state index in [1.54, 1.807) is 25.3 Å². The highest BCUT2D eigenvalue weighted by atomic mass is 35.5. The van der Waals surface area contributed by atoms with Gasteiger partial charge in [-0.2, -0.15) is 0 Å². The highest BCUT2D eigenvalue weighted by Gasteiger charge is 2.33. The van der Waals surface area contributed by atoms with Crippen LogP contribution < -0.4 is 10.1 Å². The average molecular weight is 372 g/mol. The Morgan fingerprint density at radius 2 is 2.04 bits per heavy atom. The highest BCUT2D eigenvalue weighted by Crippen LogP contribution is 2.29. The van der Waals surface area contributed by atoms with Crippen molar-refractivity contribution < 1.29 is 19.0 Å². The number of methoxy groups -OCH3 is 1.